The highest BCUT2D eigenvalue weighted by molar-refractivity contribution is 6.31. The van der Waals surface area contributed by atoms with Crippen LogP contribution in [0.4, 0.5) is 10.5 Å². The molecule has 0 unspecified atom stereocenters. The number of pyridine rings is 1. The molecular formula is C22H21ClN4O4. The Hall–Kier alpha value is -3.13. The number of nitrogens with zero attached hydrogens (tertiary/aromatic N) is 3. The minimum atomic E-state index is -0.573. The van der Waals surface area contributed by atoms with Gasteiger partial charge in [-0.2, -0.15) is 0 Å². The van der Waals surface area contributed by atoms with Crippen LogP contribution in [0.5, 0.6) is 5.88 Å². The fourth-order valence-corrected chi connectivity index (χ4v) is 5.18. The number of rotatable bonds is 5. The number of primary amides is 1. The maximum atomic E-state index is 12.9. The Labute approximate surface area is 183 Å². The Bertz CT molecular complexity index is 1080. The molecule has 2 saturated carbocycles. The van der Waals surface area contributed by atoms with E-state index in [-0.39, 0.29) is 47.5 Å². The molecule has 1 aromatic heterocycles. The normalized spacial score (nSPS) is 27.3. The summed E-state index contributed by atoms with van der Waals surface area (Å²) < 4.78 is 5.88. The number of nitrogens with two attached hydrogens (primary N) is 1. The summed E-state index contributed by atoms with van der Waals surface area (Å²) in [6, 6.07) is 9.79. The second-order valence-corrected chi connectivity index (χ2v) is 8.98. The van der Waals surface area contributed by atoms with Gasteiger partial charge in [0.15, 0.2) is 0 Å². The van der Waals surface area contributed by atoms with Crippen LogP contribution < -0.4 is 15.4 Å². The molecule has 2 aromatic rings. The molecule has 2 aliphatic carbocycles. The SMILES string of the molecule is NC(=O)c1cccnc1O[C@H]1CC2(C1)C[C@H](N1C(=O)CN(c3cccc(Cl)c3)C1=O)C2. The van der Waals surface area contributed by atoms with E-state index >= 15 is 0 Å². The van der Waals surface area contributed by atoms with Crippen LogP contribution in [0.25, 0.3) is 0 Å². The monoisotopic (exact) mass is 440 g/mol. The van der Waals surface area contributed by atoms with Crippen LogP contribution in [0.2, 0.25) is 5.02 Å². The third-order valence-electron chi connectivity index (χ3n) is 6.46. The number of anilines is 1. The van der Waals surface area contributed by atoms with E-state index in [1.165, 1.54) is 9.80 Å². The third-order valence-corrected chi connectivity index (χ3v) is 6.69. The van der Waals surface area contributed by atoms with Crippen molar-refractivity contribution in [2.24, 2.45) is 11.1 Å². The van der Waals surface area contributed by atoms with E-state index in [9.17, 15) is 14.4 Å². The number of hydrogen-bond acceptors (Lipinski definition) is 5. The average molecular weight is 441 g/mol. The van der Waals surface area contributed by atoms with E-state index in [2.05, 4.69) is 4.98 Å². The summed E-state index contributed by atoms with van der Waals surface area (Å²) in [5, 5.41) is 0.520. The number of carbonyl (C=O) groups is 3. The summed E-state index contributed by atoms with van der Waals surface area (Å²) in [4.78, 5) is 44.0. The zero-order valence-electron chi connectivity index (χ0n) is 16.7. The lowest BCUT2D eigenvalue weighted by Crippen LogP contribution is -2.60. The number of imide groups is 1. The molecule has 9 heteroatoms. The van der Waals surface area contributed by atoms with E-state index < -0.39 is 5.91 Å². The minimum Gasteiger partial charge on any atom is -0.474 e. The number of urea groups is 1. The van der Waals surface area contributed by atoms with Gasteiger partial charge in [-0.3, -0.25) is 19.4 Å². The number of aromatic nitrogens is 1. The van der Waals surface area contributed by atoms with Gasteiger partial charge in [-0.05, 0) is 61.4 Å². The molecule has 1 aromatic carbocycles. The zero-order chi connectivity index (χ0) is 21.8. The molecule has 0 radical (unpaired) electrons. The van der Waals surface area contributed by atoms with Crippen LogP contribution in [-0.2, 0) is 4.79 Å². The zero-order valence-corrected chi connectivity index (χ0v) is 17.4. The molecule has 1 saturated heterocycles. The summed E-state index contributed by atoms with van der Waals surface area (Å²) in [6.07, 6.45) is 4.63. The molecule has 3 aliphatic rings. The van der Waals surface area contributed by atoms with Gasteiger partial charge in [0, 0.05) is 22.9 Å². The van der Waals surface area contributed by atoms with Crippen molar-refractivity contribution in [1.29, 1.82) is 0 Å². The van der Waals surface area contributed by atoms with Crippen LogP contribution in [0, 0.1) is 5.41 Å². The van der Waals surface area contributed by atoms with Crippen molar-refractivity contribution in [2.45, 2.75) is 37.8 Å². The van der Waals surface area contributed by atoms with Crippen molar-refractivity contribution in [3.05, 3.63) is 53.2 Å². The van der Waals surface area contributed by atoms with Crippen LogP contribution in [0.3, 0.4) is 0 Å². The first-order valence-corrected chi connectivity index (χ1v) is 10.5. The highest BCUT2D eigenvalue weighted by Gasteiger charge is 2.58. The maximum absolute atomic E-state index is 12.9. The Morgan fingerprint density at radius 2 is 1.94 bits per heavy atom. The Morgan fingerprint density at radius 3 is 2.65 bits per heavy atom. The predicted molar refractivity (Wildman–Crippen MR) is 113 cm³/mol. The van der Waals surface area contributed by atoms with Gasteiger partial charge >= 0.3 is 6.03 Å². The highest BCUT2D eigenvalue weighted by atomic mass is 35.5. The van der Waals surface area contributed by atoms with Crippen molar-refractivity contribution in [3.8, 4) is 5.88 Å². The molecule has 8 nitrogen and oxygen atoms in total. The van der Waals surface area contributed by atoms with Crippen molar-refractivity contribution in [1.82, 2.24) is 9.88 Å². The summed E-state index contributed by atoms with van der Waals surface area (Å²) in [5.74, 6) is -0.500. The largest absolute Gasteiger partial charge is 0.474 e. The number of amides is 4. The van der Waals surface area contributed by atoms with Crippen molar-refractivity contribution in [3.63, 3.8) is 0 Å². The van der Waals surface area contributed by atoms with Gasteiger partial charge in [0.05, 0.1) is 0 Å². The molecule has 2 heterocycles. The summed E-state index contributed by atoms with van der Waals surface area (Å²) in [6.45, 7) is 0.0317. The Kier molecular flexibility index (Phi) is 4.62. The van der Waals surface area contributed by atoms with Crippen molar-refractivity contribution in [2.75, 3.05) is 11.4 Å². The second-order valence-electron chi connectivity index (χ2n) is 8.54. The number of ether oxygens (including phenoxy) is 1. The first-order valence-electron chi connectivity index (χ1n) is 10.2. The lowest BCUT2D eigenvalue weighted by Gasteiger charge is -2.58. The van der Waals surface area contributed by atoms with Crippen LogP contribution in [0.15, 0.2) is 42.6 Å². The van der Waals surface area contributed by atoms with Gasteiger partial charge in [0.2, 0.25) is 5.88 Å². The van der Waals surface area contributed by atoms with Gasteiger partial charge in [-0.15, -0.1) is 0 Å². The highest BCUT2D eigenvalue weighted by Crippen LogP contribution is 2.58. The van der Waals surface area contributed by atoms with Crippen LogP contribution in [-0.4, -0.2) is 46.4 Å². The third kappa shape index (κ3) is 3.40. The molecule has 31 heavy (non-hydrogen) atoms. The number of hydrogen-bond donors (Lipinski definition) is 1. The smallest absolute Gasteiger partial charge is 0.331 e. The van der Waals surface area contributed by atoms with Crippen LogP contribution in [0.1, 0.15) is 36.0 Å². The minimum absolute atomic E-state index is 0.0317. The lowest BCUT2D eigenvalue weighted by molar-refractivity contribution is -0.138. The summed E-state index contributed by atoms with van der Waals surface area (Å²) >= 11 is 6.03. The summed E-state index contributed by atoms with van der Waals surface area (Å²) in [5.41, 5.74) is 6.34. The fraction of sp³-hybridized carbons (Fsp3) is 0.364. The van der Waals surface area contributed by atoms with Gasteiger partial charge in [-0.25, -0.2) is 9.78 Å². The van der Waals surface area contributed by atoms with E-state index in [4.69, 9.17) is 22.1 Å². The molecule has 5 rings (SSSR count). The van der Waals surface area contributed by atoms with Gasteiger partial charge in [0.1, 0.15) is 18.2 Å². The number of benzene rings is 1. The molecule has 4 amide bonds. The van der Waals surface area contributed by atoms with Gasteiger partial charge < -0.3 is 10.5 Å². The van der Waals surface area contributed by atoms with E-state index in [1.54, 1.807) is 42.6 Å². The molecule has 160 valence electrons. The van der Waals surface area contributed by atoms with Gasteiger partial charge in [-0.1, -0.05) is 17.7 Å². The molecule has 3 fully saturated rings. The number of halogens is 1. The fourth-order valence-electron chi connectivity index (χ4n) is 5.00. The molecular weight excluding hydrogens is 420 g/mol. The second kappa shape index (κ2) is 7.23. The Balaban J connectivity index is 1.19. The van der Waals surface area contributed by atoms with Gasteiger partial charge in [0.25, 0.3) is 11.8 Å². The maximum Gasteiger partial charge on any atom is 0.331 e. The van der Waals surface area contributed by atoms with Crippen molar-refractivity contribution < 1.29 is 19.1 Å². The van der Waals surface area contributed by atoms with E-state index in [1.807, 2.05) is 0 Å². The number of carbonyl (C=O) groups excluding carboxylic acids is 3. The van der Waals surface area contributed by atoms with Crippen LogP contribution >= 0.6 is 11.6 Å². The molecule has 2 N–H and O–H groups in total. The molecule has 0 bridgehead atoms. The molecule has 0 atom stereocenters. The summed E-state index contributed by atoms with van der Waals surface area (Å²) in [7, 11) is 0. The average Bonchev–Trinajstić information content (AvgIpc) is 2.97. The lowest BCUT2D eigenvalue weighted by atomic mass is 9.52. The predicted octanol–water partition coefficient (Wildman–Crippen LogP) is 2.99. The quantitative estimate of drug-likeness (QED) is 0.719. The van der Waals surface area contributed by atoms with Crippen molar-refractivity contribution >= 4 is 35.1 Å². The topological polar surface area (TPSA) is 106 Å². The standard InChI is InChI=1S/C22H21ClN4O4/c23-13-3-1-4-14(7-13)26-12-18(28)27(21(26)30)15-8-22(9-15)10-16(11-22)31-20-17(19(24)29)5-2-6-25-20/h1-7,15-16H,8-12H2,(H2,24,29)/t15-,16-,22?. The first-order chi connectivity index (χ1) is 14.8. The van der Waals surface area contributed by atoms with E-state index in [0.717, 1.165) is 25.7 Å². The first kappa shape index (κ1) is 19.8. The molecule has 1 spiro atoms. The Morgan fingerprint density at radius 1 is 1.16 bits per heavy atom. The van der Waals surface area contributed by atoms with E-state index in [0.29, 0.717) is 10.7 Å². The molecule has 1 aliphatic heterocycles.